The first-order valence-corrected chi connectivity index (χ1v) is 9.82. The highest BCUT2D eigenvalue weighted by Gasteiger charge is 2.20. The molecule has 0 bridgehead atoms. The lowest BCUT2D eigenvalue weighted by Gasteiger charge is -2.28. The maximum Gasteiger partial charge on any atom is 0.0702 e. The summed E-state index contributed by atoms with van der Waals surface area (Å²) in [5.41, 5.74) is 3.12. The van der Waals surface area contributed by atoms with Crippen molar-refractivity contribution >= 4 is 0 Å². The van der Waals surface area contributed by atoms with Gasteiger partial charge in [0, 0.05) is 19.7 Å². The molecule has 136 valence electrons. The van der Waals surface area contributed by atoms with Gasteiger partial charge in [-0.2, -0.15) is 0 Å². The maximum atomic E-state index is 5.83. The SMILES string of the molecule is CCCN(CC(C)Cc1ccc(C(C)(C)C)cc1)CC1CCCO1. The van der Waals surface area contributed by atoms with Crippen LogP contribution in [0.4, 0.5) is 0 Å². The number of rotatable bonds is 8. The van der Waals surface area contributed by atoms with E-state index in [0.717, 1.165) is 19.6 Å². The molecule has 2 atom stereocenters. The molecule has 2 rings (SSSR count). The van der Waals surface area contributed by atoms with E-state index in [0.29, 0.717) is 12.0 Å². The lowest BCUT2D eigenvalue weighted by molar-refractivity contribution is 0.0684. The van der Waals surface area contributed by atoms with Crippen LogP contribution < -0.4 is 0 Å². The lowest BCUT2D eigenvalue weighted by Crippen LogP contribution is -2.36. The van der Waals surface area contributed by atoms with Crippen LogP contribution >= 0.6 is 0 Å². The molecule has 1 fully saturated rings. The van der Waals surface area contributed by atoms with Crippen molar-refractivity contribution in [2.75, 3.05) is 26.2 Å². The van der Waals surface area contributed by atoms with E-state index in [1.165, 1.54) is 43.5 Å². The number of hydrogen-bond donors (Lipinski definition) is 0. The summed E-state index contributed by atoms with van der Waals surface area (Å²) >= 11 is 0. The fourth-order valence-corrected chi connectivity index (χ4v) is 3.70. The molecule has 1 heterocycles. The molecule has 2 nitrogen and oxygen atoms in total. The highest BCUT2D eigenvalue weighted by atomic mass is 16.5. The van der Waals surface area contributed by atoms with Crippen LogP contribution in [-0.2, 0) is 16.6 Å². The Balaban J connectivity index is 1.86. The summed E-state index contributed by atoms with van der Waals surface area (Å²) in [6.07, 6.45) is 5.33. The predicted octanol–water partition coefficient (Wildman–Crippen LogP) is 5.05. The van der Waals surface area contributed by atoms with Crippen LogP contribution in [0.15, 0.2) is 24.3 Å². The first-order valence-electron chi connectivity index (χ1n) is 9.82. The fourth-order valence-electron chi connectivity index (χ4n) is 3.70. The highest BCUT2D eigenvalue weighted by Crippen LogP contribution is 2.23. The molecule has 1 aromatic rings. The van der Waals surface area contributed by atoms with Crippen molar-refractivity contribution < 1.29 is 4.74 Å². The molecule has 0 aliphatic carbocycles. The van der Waals surface area contributed by atoms with Gasteiger partial charge in [0.25, 0.3) is 0 Å². The molecule has 0 amide bonds. The molecule has 0 aromatic heterocycles. The van der Waals surface area contributed by atoms with Gasteiger partial charge in [0.05, 0.1) is 6.10 Å². The molecule has 24 heavy (non-hydrogen) atoms. The van der Waals surface area contributed by atoms with E-state index in [4.69, 9.17) is 4.74 Å². The molecule has 1 saturated heterocycles. The Morgan fingerprint density at radius 2 is 1.92 bits per heavy atom. The van der Waals surface area contributed by atoms with Crippen molar-refractivity contribution in [3.8, 4) is 0 Å². The molecule has 0 saturated carbocycles. The summed E-state index contributed by atoms with van der Waals surface area (Å²) in [6.45, 7) is 15.9. The summed E-state index contributed by atoms with van der Waals surface area (Å²) in [6, 6.07) is 9.25. The largest absolute Gasteiger partial charge is 0.377 e. The summed E-state index contributed by atoms with van der Waals surface area (Å²) in [5, 5.41) is 0. The molecular formula is C22H37NO. The van der Waals surface area contributed by atoms with Crippen molar-refractivity contribution in [1.29, 1.82) is 0 Å². The standard InChI is InChI=1S/C22H37NO/c1-6-13-23(17-21-8-7-14-24-21)16-18(2)15-19-9-11-20(12-10-19)22(3,4)5/h9-12,18,21H,6-8,13-17H2,1-5H3. The van der Waals surface area contributed by atoms with E-state index in [2.05, 4.69) is 63.8 Å². The summed E-state index contributed by atoms with van der Waals surface area (Å²) in [5.74, 6) is 0.679. The Kier molecular flexibility index (Phi) is 7.31. The molecule has 2 heteroatoms. The van der Waals surface area contributed by atoms with E-state index in [9.17, 15) is 0 Å². The first-order chi connectivity index (χ1) is 11.4. The van der Waals surface area contributed by atoms with E-state index in [1.807, 2.05) is 0 Å². The highest BCUT2D eigenvalue weighted by molar-refractivity contribution is 5.27. The van der Waals surface area contributed by atoms with Crippen LogP contribution in [0, 0.1) is 5.92 Å². The molecule has 0 N–H and O–H groups in total. The van der Waals surface area contributed by atoms with E-state index in [-0.39, 0.29) is 5.41 Å². The minimum absolute atomic E-state index is 0.239. The Morgan fingerprint density at radius 3 is 2.46 bits per heavy atom. The molecule has 1 aliphatic heterocycles. The van der Waals surface area contributed by atoms with Gasteiger partial charge in [-0.1, -0.05) is 58.9 Å². The average molecular weight is 332 g/mol. The van der Waals surface area contributed by atoms with Crippen molar-refractivity contribution in [1.82, 2.24) is 4.90 Å². The fraction of sp³-hybridized carbons (Fsp3) is 0.727. The second-order valence-electron chi connectivity index (χ2n) is 8.65. The van der Waals surface area contributed by atoms with Crippen molar-refractivity contribution in [2.24, 2.45) is 5.92 Å². The van der Waals surface area contributed by atoms with Gasteiger partial charge in [0.15, 0.2) is 0 Å². The zero-order valence-electron chi connectivity index (χ0n) is 16.5. The second-order valence-corrected chi connectivity index (χ2v) is 8.65. The number of ether oxygens (including phenoxy) is 1. The first kappa shape index (κ1) is 19.5. The van der Waals surface area contributed by atoms with Gasteiger partial charge >= 0.3 is 0 Å². The second kappa shape index (κ2) is 9.01. The third kappa shape index (κ3) is 6.22. The number of nitrogens with zero attached hydrogens (tertiary/aromatic N) is 1. The number of hydrogen-bond acceptors (Lipinski definition) is 2. The number of benzene rings is 1. The van der Waals surface area contributed by atoms with Crippen LogP contribution in [0.25, 0.3) is 0 Å². The van der Waals surface area contributed by atoms with Crippen LogP contribution in [0.1, 0.15) is 65.0 Å². The van der Waals surface area contributed by atoms with Gasteiger partial charge in [-0.05, 0) is 54.7 Å². The minimum atomic E-state index is 0.239. The van der Waals surface area contributed by atoms with Crippen LogP contribution in [0.5, 0.6) is 0 Å². The van der Waals surface area contributed by atoms with Crippen molar-refractivity contribution in [3.63, 3.8) is 0 Å². The van der Waals surface area contributed by atoms with Gasteiger partial charge in [0.1, 0.15) is 0 Å². The van der Waals surface area contributed by atoms with Gasteiger partial charge in [0.2, 0.25) is 0 Å². The molecule has 0 radical (unpaired) electrons. The van der Waals surface area contributed by atoms with Crippen LogP contribution in [-0.4, -0.2) is 37.2 Å². The maximum absolute atomic E-state index is 5.83. The van der Waals surface area contributed by atoms with Crippen molar-refractivity contribution in [2.45, 2.75) is 71.8 Å². The van der Waals surface area contributed by atoms with E-state index < -0.39 is 0 Å². The zero-order chi connectivity index (χ0) is 17.6. The normalized spacial score (nSPS) is 19.8. The smallest absolute Gasteiger partial charge is 0.0702 e. The summed E-state index contributed by atoms with van der Waals surface area (Å²) in [4.78, 5) is 2.62. The third-order valence-electron chi connectivity index (χ3n) is 5.00. The lowest BCUT2D eigenvalue weighted by atomic mass is 9.86. The third-order valence-corrected chi connectivity index (χ3v) is 5.00. The van der Waals surface area contributed by atoms with Crippen molar-refractivity contribution in [3.05, 3.63) is 35.4 Å². The molecular weight excluding hydrogens is 294 g/mol. The minimum Gasteiger partial charge on any atom is -0.377 e. The Morgan fingerprint density at radius 1 is 1.21 bits per heavy atom. The molecule has 2 unspecified atom stereocenters. The molecule has 0 spiro atoms. The molecule has 1 aromatic carbocycles. The van der Waals surface area contributed by atoms with Crippen LogP contribution in [0.3, 0.4) is 0 Å². The van der Waals surface area contributed by atoms with E-state index in [1.54, 1.807) is 0 Å². The van der Waals surface area contributed by atoms with Gasteiger partial charge in [-0.3, -0.25) is 0 Å². The van der Waals surface area contributed by atoms with Gasteiger partial charge in [-0.25, -0.2) is 0 Å². The Hall–Kier alpha value is -0.860. The summed E-state index contributed by atoms with van der Waals surface area (Å²) < 4.78 is 5.83. The van der Waals surface area contributed by atoms with Gasteiger partial charge in [-0.15, -0.1) is 0 Å². The summed E-state index contributed by atoms with van der Waals surface area (Å²) in [7, 11) is 0. The monoisotopic (exact) mass is 331 g/mol. The zero-order valence-corrected chi connectivity index (χ0v) is 16.5. The van der Waals surface area contributed by atoms with Crippen LogP contribution in [0.2, 0.25) is 0 Å². The Labute approximate surface area is 149 Å². The van der Waals surface area contributed by atoms with E-state index >= 15 is 0 Å². The predicted molar refractivity (Wildman–Crippen MR) is 104 cm³/mol. The topological polar surface area (TPSA) is 12.5 Å². The molecule has 1 aliphatic rings. The average Bonchev–Trinajstić information content (AvgIpc) is 3.00. The Bertz CT molecular complexity index is 468. The quantitative estimate of drug-likeness (QED) is 0.660. The van der Waals surface area contributed by atoms with Gasteiger partial charge < -0.3 is 9.64 Å².